The van der Waals surface area contributed by atoms with E-state index in [0.29, 0.717) is 12.0 Å². The smallest absolute Gasteiger partial charge is 0.338 e. The Balaban J connectivity index is 1.88. The molecule has 0 radical (unpaired) electrons. The highest BCUT2D eigenvalue weighted by Crippen LogP contribution is 2.25. The second-order valence-corrected chi connectivity index (χ2v) is 6.14. The van der Waals surface area contributed by atoms with Gasteiger partial charge in [0.1, 0.15) is 12.2 Å². The molecule has 1 saturated heterocycles. The lowest BCUT2D eigenvalue weighted by molar-refractivity contribution is -0.273. The molecule has 0 aliphatic carbocycles. The summed E-state index contributed by atoms with van der Waals surface area (Å²) in [4.78, 5) is 12.1. The second-order valence-electron chi connectivity index (χ2n) is 6.14. The molecule has 132 valence electrons. The Morgan fingerprint density at radius 3 is 2.83 bits per heavy atom. The molecule has 1 N–H and O–H groups in total. The zero-order valence-corrected chi connectivity index (χ0v) is 14.3. The van der Waals surface area contributed by atoms with Gasteiger partial charge < -0.3 is 19.3 Å². The normalized spacial score (nSPS) is 28.1. The van der Waals surface area contributed by atoms with E-state index in [9.17, 15) is 9.90 Å². The fourth-order valence-corrected chi connectivity index (χ4v) is 2.63. The number of hydrogen-bond acceptors (Lipinski definition) is 5. The molecule has 0 aromatic heterocycles. The Labute approximate surface area is 143 Å². The predicted octanol–water partition coefficient (Wildman–Crippen LogP) is 3.08. The van der Waals surface area contributed by atoms with E-state index >= 15 is 0 Å². The zero-order chi connectivity index (χ0) is 17.5. The van der Waals surface area contributed by atoms with Gasteiger partial charge >= 0.3 is 5.97 Å². The molecule has 2 rings (SSSR count). The van der Waals surface area contributed by atoms with Crippen LogP contribution in [0.4, 0.5) is 0 Å². The average molecular weight is 334 g/mol. The van der Waals surface area contributed by atoms with Crippen LogP contribution in [0.1, 0.15) is 43.5 Å². The van der Waals surface area contributed by atoms with Gasteiger partial charge in [-0.25, -0.2) is 4.79 Å². The monoisotopic (exact) mass is 334 g/mol. The van der Waals surface area contributed by atoms with Gasteiger partial charge in [0.15, 0.2) is 6.29 Å². The number of rotatable bonds is 7. The molecule has 5 atom stereocenters. The summed E-state index contributed by atoms with van der Waals surface area (Å²) in [6.45, 7) is 7.44. The van der Waals surface area contributed by atoms with Gasteiger partial charge in [0, 0.05) is 6.42 Å². The molecule has 1 aliphatic heterocycles. The van der Waals surface area contributed by atoms with Crippen molar-refractivity contribution < 1.29 is 24.1 Å². The van der Waals surface area contributed by atoms with Crippen LogP contribution in [0.2, 0.25) is 0 Å². The predicted molar refractivity (Wildman–Crippen MR) is 90.6 cm³/mol. The third-order valence-corrected chi connectivity index (χ3v) is 4.07. The third kappa shape index (κ3) is 5.16. The minimum atomic E-state index is -0.832. The first-order chi connectivity index (χ1) is 11.5. The largest absolute Gasteiger partial charge is 0.456 e. The van der Waals surface area contributed by atoms with Crippen LogP contribution < -0.4 is 0 Å². The maximum atomic E-state index is 12.1. The number of hydrogen-bond donors (Lipinski definition) is 1. The van der Waals surface area contributed by atoms with Crippen molar-refractivity contribution in [3.8, 4) is 0 Å². The van der Waals surface area contributed by atoms with E-state index in [4.69, 9.17) is 14.2 Å². The number of aliphatic hydroxyl groups is 1. The van der Waals surface area contributed by atoms with Crippen LogP contribution in [0.25, 0.3) is 0 Å². The van der Waals surface area contributed by atoms with Crippen LogP contribution in [-0.2, 0) is 14.2 Å². The van der Waals surface area contributed by atoms with Gasteiger partial charge in [-0.2, -0.15) is 0 Å². The van der Waals surface area contributed by atoms with E-state index < -0.39 is 24.5 Å². The summed E-state index contributed by atoms with van der Waals surface area (Å²) in [6.07, 6.45) is 1.35. The number of aliphatic hydroxyl groups excluding tert-OH is 1. The van der Waals surface area contributed by atoms with Gasteiger partial charge in [-0.15, -0.1) is 6.58 Å². The molecule has 1 heterocycles. The van der Waals surface area contributed by atoms with E-state index in [-0.39, 0.29) is 12.2 Å². The molecule has 1 aromatic carbocycles. The fraction of sp³-hybridized carbons (Fsp3) is 0.526. The molecular weight excluding hydrogens is 308 g/mol. The molecule has 1 aliphatic rings. The Morgan fingerprint density at radius 2 is 2.17 bits per heavy atom. The minimum Gasteiger partial charge on any atom is -0.456 e. The van der Waals surface area contributed by atoms with E-state index in [1.165, 1.54) is 0 Å². The molecule has 5 heteroatoms. The molecule has 24 heavy (non-hydrogen) atoms. The number of carbonyl (C=O) groups excluding carboxylic acids is 1. The Hall–Kier alpha value is -1.69. The highest BCUT2D eigenvalue weighted by atomic mass is 16.7. The van der Waals surface area contributed by atoms with Crippen LogP contribution in [0, 0.1) is 0 Å². The number of benzene rings is 1. The number of carbonyl (C=O) groups is 1. The van der Waals surface area contributed by atoms with E-state index in [0.717, 1.165) is 12.8 Å². The fourth-order valence-electron chi connectivity index (χ4n) is 2.63. The van der Waals surface area contributed by atoms with Crippen molar-refractivity contribution in [2.24, 2.45) is 0 Å². The van der Waals surface area contributed by atoms with Crippen molar-refractivity contribution in [1.29, 1.82) is 0 Å². The highest BCUT2D eigenvalue weighted by molar-refractivity contribution is 5.89. The van der Waals surface area contributed by atoms with Crippen LogP contribution in [0.15, 0.2) is 43.0 Å². The standard InChI is InChI=1S/C19H26O5/c1-4-5-9-13(2)22-19-16(20)12-17(14(3)23-19)24-18(21)15-10-7-6-8-11-15/h4,6-8,10-11,13-14,16-17,19-20H,1,5,9,12H2,2-3H3/t13-,14?,16?,17-,19-/m1/s1. The molecule has 1 fully saturated rings. The molecule has 0 spiro atoms. The molecule has 5 nitrogen and oxygen atoms in total. The van der Waals surface area contributed by atoms with Crippen LogP contribution >= 0.6 is 0 Å². The third-order valence-electron chi connectivity index (χ3n) is 4.07. The first kappa shape index (κ1) is 18.6. The summed E-state index contributed by atoms with van der Waals surface area (Å²) in [5.41, 5.74) is 0.482. The maximum absolute atomic E-state index is 12.1. The summed E-state index contributed by atoms with van der Waals surface area (Å²) < 4.78 is 17.0. The number of allylic oxidation sites excluding steroid dienone is 1. The average Bonchev–Trinajstić information content (AvgIpc) is 2.58. The summed E-state index contributed by atoms with van der Waals surface area (Å²) >= 11 is 0. The molecule has 0 bridgehead atoms. The van der Waals surface area contributed by atoms with Gasteiger partial charge in [0.2, 0.25) is 0 Å². The van der Waals surface area contributed by atoms with Gasteiger partial charge in [-0.1, -0.05) is 24.3 Å². The molecule has 1 aromatic rings. The maximum Gasteiger partial charge on any atom is 0.338 e. The van der Waals surface area contributed by atoms with Crippen LogP contribution in [0.5, 0.6) is 0 Å². The van der Waals surface area contributed by atoms with Gasteiger partial charge in [0.05, 0.1) is 17.8 Å². The Kier molecular flexibility index (Phi) is 6.97. The summed E-state index contributed by atoms with van der Waals surface area (Å²) in [7, 11) is 0. The highest BCUT2D eigenvalue weighted by Gasteiger charge is 2.38. The van der Waals surface area contributed by atoms with Gasteiger partial charge in [-0.3, -0.25) is 0 Å². The van der Waals surface area contributed by atoms with Crippen molar-refractivity contribution in [1.82, 2.24) is 0 Å². The zero-order valence-electron chi connectivity index (χ0n) is 14.3. The summed E-state index contributed by atoms with van der Waals surface area (Å²) in [5.74, 6) is -0.415. The molecular formula is C19H26O5. The van der Waals surface area contributed by atoms with Crippen molar-refractivity contribution >= 4 is 5.97 Å². The lowest BCUT2D eigenvalue weighted by Gasteiger charge is -2.38. The van der Waals surface area contributed by atoms with E-state index in [2.05, 4.69) is 6.58 Å². The van der Waals surface area contributed by atoms with E-state index in [1.807, 2.05) is 26.0 Å². The lowest BCUT2D eigenvalue weighted by atomic mass is 10.0. The Bertz CT molecular complexity index is 530. The SMILES string of the molecule is C=CCC[C@@H](C)O[C@@H]1OC(C)[C@H](OC(=O)c2ccccc2)CC1O. The quantitative estimate of drug-likeness (QED) is 0.613. The number of ether oxygens (including phenoxy) is 3. The van der Waals surface area contributed by atoms with Crippen LogP contribution in [0.3, 0.4) is 0 Å². The Morgan fingerprint density at radius 1 is 1.46 bits per heavy atom. The summed E-state index contributed by atoms with van der Waals surface area (Å²) in [6, 6.07) is 8.78. The minimum absolute atomic E-state index is 0.0433. The van der Waals surface area contributed by atoms with Crippen molar-refractivity contribution in [2.75, 3.05) is 0 Å². The summed E-state index contributed by atoms with van der Waals surface area (Å²) in [5, 5.41) is 10.3. The molecule has 0 amide bonds. The molecule has 0 saturated carbocycles. The van der Waals surface area contributed by atoms with Crippen LogP contribution in [-0.4, -0.2) is 41.8 Å². The first-order valence-corrected chi connectivity index (χ1v) is 8.37. The molecule has 2 unspecified atom stereocenters. The van der Waals surface area contributed by atoms with Crippen molar-refractivity contribution in [3.05, 3.63) is 48.6 Å². The van der Waals surface area contributed by atoms with Crippen molar-refractivity contribution in [3.63, 3.8) is 0 Å². The first-order valence-electron chi connectivity index (χ1n) is 8.37. The van der Waals surface area contributed by atoms with E-state index in [1.54, 1.807) is 24.3 Å². The lowest BCUT2D eigenvalue weighted by Crippen LogP contribution is -2.49. The van der Waals surface area contributed by atoms with Gasteiger partial charge in [-0.05, 0) is 38.8 Å². The van der Waals surface area contributed by atoms with Crippen molar-refractivity contribution in [2.45, 2.75) is 63.8 Å². The van der Waals surface area contributed by atoms with Gasteiger partial charge in [0.25, 0.3) is 0 Å². The topological polar surface area (TPSA) is 65.0 Å². The second kappa shape index (κ2) is 8.97. The number of esters is 1.